The van der Waals surface area contributed by atoms with Gasteiger partial charge in [0.05, 0.1) is 11.3 Å². The van der Waals surface area contributed by atoms with Crippen LogP contribution >= 0.6 is 0 Å². The van der Waals surface area contributed by atoms with E-state index in [0.29, 0.717) is 0 Å². The molecule has 0 unspecified atom stereocenters. The molecule has 9 heteroatoms. The van der Waals surface area contributed by atoms with E-state index in [4.69, 9.17) is 9.84 Å². The van der Waals surface area contributed by atoms with E-state index in [-0.39, 0.29) is 23.9 Å². The fourth-order valence-corrected chi connectivity index (χ4v) is 2.12. The van der Waals surface area contributed by atoms with Gasteiger partial charge in [0.1, 0.15) is 17.9 Å². The van der Waals surface area contributed by atoms with Crippen LogP contribution < -0.4 is 10.3 Å². The zero-order valence-corrected chi connectivity index (χ0v) is 10.7. The number of ether oxygens (including phenoxy) is 1. The van der Waals surface area contributed by atoms with Crippen molar-refractivity contribution in [2.45, 2.75) is 12.8 Å². The highest BCUT2D eigenvalue weighted by atomic mass is 19.4. The fourth-order valence-electron chi connectivity index (χ4n) is 2.12. The SMILES string of the molecule is O=C(O)c1cnc2n(c1=O)-c1ccc(C(F)(F)F)cc1OC2. The third kappa shape index (κ3) is 2.10. The van der Waals surface area contributed by atoms with Gasteiger partial charge in [-0.25, -0.2) is 9.78 Å². The molecule has 2 heterocycles. The molecule has 1 aliphatic heterocycles. The van der Waals surface area contributed by atoms with Crippen LogP contribution in [0, 0.1) is 0 Å². The van der Waals surface area contributed by atoms with Crippen molar-refractivity contribution in [2.75, 3.05) is 0 Å². The lowest BCUT2D eigenvalue weighted by Crippen LogP contribution is -2.32. The summed E-state index contributed by atoms with van der Waals surface area (Å²) >= 11 is 0. The van der Waals surface area contributed by atoms with E-state index in [0.717, 1.165) is 29.0 Å². The summed E-state index contributed by atoms with van der Waals surface area (Å²) in [5, 5.41) is 8.93. The van der Waals surface area contributed by atoms with Gasteiger partial charge in [-0.1, -0.05) is 0 Å². The molecule has 0 saturated carbocycles. The number of halogens is 3. The number of rotatable bonds is 1. The van der Waals surface area contributed by atoms with Crippen molar-refractivity contribution < 1.29 is 27.8 Å². The maximum Gasteiger partial charge on any atom is 0.416 e. The predicted octanol–water partition coefficient (Wildman–Crippen LogP) is 1.84. The molecule has 6 nitrogen and oxygen atoms in total. The zero-order chi connectivity index (χ0) is 16.1. The Balaban J connectivity index is 2.24. The van der Waals surface area contributed by atoms with Crippen LogP contribution in [-0.2, 0) is 12.8 Å². The first-order valence-electron chi connectivity index (χ1n) is 5.97. The molecule has 22 heavy (non-hydrogen) atoms. The highest BCUT2D eigenvalue weighted by Crippen LogP contribution is 2.36. The number of carboxylic acids is 1. The van der Waals surface area contributed by atoms with E-state index < -0.39 is 28.8 Å². The smallest absolute Gasteiger partial charge is 0.416 e. The standard InChI is InChI=1S/C13H7F3N2O4/c14-13(15,16)6-1-2-8-9(3-6)22-5-10-17-4-7(12(20)21)11(19)18(8)10/h1-4H,5H2,(H,20,21). The van der Waals surface area contributed by atoms with E-state index >= 15 is 0 Å². The molecule has 3 rings (SSSR count). The average molecular weight is 312 g/mol. The lowest BCUT2D eigenvalue weighted by Gasteiger charge is -2.22. The summed E-state index contributed by atoms with van der Waals surface area (Å²) in [5.74, 6) is -1.51. The summed E-state index contributed by atoms with van der Waals surface area (Å²) in [7, 11) is 0. The van der Waals surface area contributed by atoms with Crippen molar-refractivity contribution in [3.63, 3.8) is 0 Å². The second-order valence-corrected chi connectivity index (χ2v) is 4.50. The zero-order valence-electron chi connectivity index (χ0n) is 10.7. The van der Waals surface area contributed by atoms with Crippen molar-refractivity contribution in [2.24, 2.45) is 0 Å². The second-order valence-electron chi connectivity index (χ2n) is 4.50. The van der Waals surface area contributed by atoms with Gasteiger partial charge in [0.2, 0.25) is 0 Å². The molecule has 1 N–H and O–H groups in total. The monoisotopic (exact) mass is 312 g/mol. The van der Waals surface area contributed by atoms with Crippen LogP contribution in [0.5, 0.6) is 5.75 Å². The normalized spacial score (nSPS) is 13.0. The van der Waals surface area contributed by atoms with Gasteiger partial charge in [-0.3, -0.25) is 9.36 Å². The van der Waals surface area contributed by atoms with E-state index in [9.17, 15) is 22.8 Å². The highest BCUT2D eigenvalue weighted by Gasteiger charge is 2.33. The number of aromatic nitrogens is 2. The average Bonchev–Trinajstić information content (AvgIpc) is 2.45. The molecule has 114 valence electrons. The number of benzene rings is 1. The van der Waals surface area contributed by atoms with Crippen LogP contribution in [0.3, 0.4) is 0 Å². The minimum absolute atomic E-state index is 0.0230. The largest absolute Gasteiger partial charge is 0.483 e. The molecule has 2 aromatic rings. The van der Waals surface area contributed by atoms with Crippen LogP contribution in [-0.4, -0.2) is 20.6 Å². The quantitative estimate of drug-likeness (QED) is 0.869. The van der Waals surface area contributed by atoms with Gasteiger partial charge in [-0.05, 0) is 18.2 Å². The topological polar surface area (TPSA) is 81.4 Å². The summed E-state index contributed by atoms with van der Waals surface area (Å²) in [5.41, 5.74) is -2.35. The Morgan fingerprint density at radius 1 is 1.36 bits per heavy atom. The summed E-state index contributed by atoms with van der Waals surface area (Å²) in [6, 6.07) is 2.60. The summed E-state index contributed by atoms with van der Waals surface area (Å²) in [4.78, 5) is 26.9. The van der Waals surface area contributed by atoms with E-state index in [1.807, 2.05) is 0 Å². The summed E-state index contributed by atoms with van der Waals surface area (Å²) in [6.45, 7) is -0.233. The Morgan fingerprint density at radius 2 is 2.09 bits per heavy atom. The lowest BCUT2D eigenvalue weighted by atomic mass is 10.1. The van der Waals surface area contributed by atoms with Crippen molar-refractivity contribution >= 4 is 5.97 Å². The van der Waals surface area contributed by atoms with Gasteiger partial charge in [-0.2, -0.15) is 13.2 Å². The Kier molecular flexibility index (Phi) is 2.94. The fraction of sp³-hybridized carbons (Fsp3) is 0.154. The number of nitrogens with zero attached hydrogens (tertiary/aromatic N) is 2. The van der Waals surface area contributed by atoms with Gasteiger partial charge in [-0.15, -0.1) is 0 Å². The molecule has 0 radical (unpaired) electrons. The number of aromatic carboxylic acids is 1. The predicted molar refractivity (Wildman–Crippen MR) is 66.1 cm³/mol. The number of hydrogen-bond acceptors (Lipinski definition) is 4. The van der Waals surface area contributed by atoms with Gasteiger partial charge in [0, 0.05) is 6.20 Å². The van der Waals surface area contributed by atoms with E-state index in [1.54, 1.807) is 0 Å². The molecule has 1 aromatic carbocycles. The Morgan fingerprint density at radius 3 is 2.73 bits per heavy atom. The van der Waals surface area contributed by atoms with E-state index in [1.165, 1.54) is 0 Å². The Bertz CT molecular complexity index is 842. The maximum atomic E-state index is 12.7. The molecule has 0 bridgehead atoms. The summed E-state index contributed by atoms with van der Waals surface area (Å²) < 4.78 is 44.2. The molecule has 1 aliphatic rings. The van der Waals surface area contributed by atoms with Crippen molar-refractivity contribution in [3.8, 4) is 11.4 Å². The highest BCUT2D eigenvalue weighted by molar-refractivity contribution is 5.86. The lowest BCUT2D eigenvalue weighted by molar-refractivity contribution is -0.137. The van der Waals surface area contributed by atoms with E-state index in [2.05, 4.69) is 4.98 Å². The van der Waals surface area contributed by atoms with Crippen molar-refractivity contribution in [1.82, 2.24) is 9.55 Å². The van der Waals surface area contributed by atoms with Crippen LogP contribution in [0.4, 0.5) is 13.2 Å². The van der Waals surface area contributed by atoms with Crippen LogP contribution in [0.1, 0.15) is 21.7 Å². The molecule has 0 spiro atoms. The van der Waals surface area contributed by atoms with Crippen LogP contribution in [0.2, 0.25) is 0 Å². The van der Waals surface area contributed by atoms with Crippen molar-refractivity contribution in [3.05, 3.63) is 51.7 Å². The molecular formula is C13H7F3N2O4. The molecule has 0 atom stereocenters. The van der Waals surface area contributed by atoms with Crippen LogP contribution in [0.15, 0.2) is 29.2 Å². The third-order valence-electron chi connectivity index (χ3n) is 3.15. The first-order chi connectivity index (χ1) is 10.3. The molecule has 0 aliphatic carbocycles. The first-order valence-corrected chi connectivity index (χ1v) is 5.97. The Labute approximate surface area is 120 Å². The van der Waals surface area contributed by atoms with Gasteiger partial charge >= 0.3 is 12.1 Å². The minimum Gasteiger partial charge on any atom is -0.483 e. The Hall–Kier alpha value is -2.84. The van der Waals surface area contributed by atoms with Crippen molar-refractivity contribution in [1.29, 1.82) is 0 Å². The van der Waals surface area contributed by atoms with Gasteiger partial charge < -0.3 is 9.84 Å². The number of hydrogen-bond donors (Lipinski definition) is 1. The second kappa shape index (κ2) is 4.58. The molecule has 0 amide bonds. The van der Waals surface area contributed by atoms with Gasteiger partial charge in [0.25, 0.3) is 5.56 Å². The number of carbonyl (C=O) groups is 1. The number of carboxylic acid groups (broad SMARTS) is 1. The number of alkyl halides is 3. The third-order valence-corrected chi connectivity index (χ3v) is 3.15. The molecular weight excluding hydrogens is 305 g/mol. The first kappa shape index (κ1) is 14.1. The van der Waals surface area contributed by atoms with Gasteiger partial charge in [0.15, 0.2) is 5.82 Å². The van der Waals surface area contributed by atoms with Crippen LogP contribution in [0.25, 0.3) is 5.69 Å². The molecule has 1 aromatic heterocycles. The number of fused-ring (bicyclic) bond motifs is 3. The molecule has 0 saturated heterocycles. The maximum absolute atomic E-state index is 12.7. The summed E-state index contributed by atoms with van der Waals surface area (Å²) in [6.07, 6.45) is -3.65. The molecule has 0 fully saturated rings. The minimum atomic E-state index is -4.55.